The number of thiazole rings is 1. The molecule has 0 amide bonds. The largest absolute Gasteiger partial charge is 0.381 e. The van der Waals surface area contributed by atoms with Gasteiger partial charge in [0.2, 0.25) is 0 Å². The molecule has 1 aromatic rings. The lowest BCUT2D eigenvalue weighted by atomic mass is 9.92. The fourth-order valence-corrected chi connectivity index (χ4v) is 2.62. The van der Waals surface area contributed by atoms with Gasteiger partial charge in [-0.2, -0.15) is 0 Å². The number of rotatable bonds is 4. The lowest BCUT2D eigenvalue weighted by molar-refractivity contribution is 0.0460. The van der Waals surface area contributed by atoms with Crippen molar-refractivity contribution in [2.45, 2.75) is 24.9 Å². The SMILES string of the molecule is ClCC1(NCc2cncs2)CCOCC1. The van der Waals surface area contributed by atoms with Crippen LogP contribution in [-0.2, 0) is 11.3 Å². The minimum absolute atomic E-state index is 0.0593. The summed E-state index contributed by atoms with van der Waals surface area (Å²) in [6, 6.07) is 0. The summed E-state index contributed by atoms with van der Waals surface area (Å²) in [6.07, 6.45) is 3.89. The van der Waals surface area contributed by atoms with Gasteiger partial charge in [0.25, 0.3) is 0 Å². The van der Waals surface area contributed by atoms with Crippen LogP contribution in [-0.4, -0.2) is 29.6 Å². The summed E-state index contributed by atoms with van der Waals surface area (Å²) >= 11 is 7.72. The van der Waals surface area contributed by atoms with E-state index in [0.717, 1.165) is 32.6 Å². The molecule has 1 N–H and O–H groups in total. The standard InChI is InChI=1S/C10H15ClN2OS/c11-7-10(1-3-14-4-2-10)13-6-9-5-12-8-15-9/h5,8,13H,1-4,6-7H2. The lowest BCUT2D eigenvalue weighted by Crippen LogP contribution is -2.50. The first-order valence-corrected chi connectivity index (χ1v) is 6.52. The van der Waals surface area contributed by atoms with Crippen molar-refractivity contribution in [1.29, 1.82) is 0 Å². The Balaban J connectivity index is 1.89. The van der Waals surface area contributed by atoms with Crippen molar-refractivity contribution in [3.8, 4) is 0 Å². The Morgan fingerprint density at radius 3 is 2.93 bits per heavy atom. The molecule has 1 aliphatic heterocycles. The minimum Gasteiger partial charge on any atom is -0.381 e. The molecular weight excluding hydrogens is 232 g/mol. The van der Waals surface area contributed by atoms with Crippen LogP contribution in [0.1, 0.15) is 17.7 Å². The number of nitrogens with zero attached hydrogens (tertiary/aromatic N) is 1. The first-order chi connectivity index (χ1) is 7.35. The normalized spacial score (nSPS) is 20.3. The molecule has 0 spiro atoms. The summed E-state index contributed by atoms with van der Waals surface area (Å²) in [7, 11) is 0. The van der Waals surface area contributed by atoms with Gasteiger partial charge in [-0.25, -0.2) is 0 Å². The molecule has 1 saturated heterocycles. The fraction of sp³-hybridized carbons (Fsp3) is 0.700. The molecule has 0 saturated carbocycles. The van der Waals surface area contributed by atoms with Crippen LogP contribution >= 0.6 is 22.9 Å². The van der Waals surface area contributed by atoms with Gasteiger partial charge < -0.3 is 10.1 Å². The smallest absolute Gasteiger partial charge is 0.0794 e. The predicted octanol–water partition coefficient (Wildman–Crippen LogP) is 2.02. The Labute approximate surface area is 98.8 Å². The molecule has 0 aromatic carbocycles. The van der Waals surface area contributed by atoms with Gasteiger partial charge in [0.05, 0.1) is 5.51 Å². The summed E-state index contributed by atoms with van der Waals surface area (Å²) in [5.41, 5.74) is 1.91. The highest BCUT2D eigenvalue weighted by Gasteiger charge is 2.31. The highest BCUT2D eigenvalue weighted by Crippen LogP contribution is 2.23. The Morgan fingerprint density at radius 1 is 1.53 bits per heavy atom. The fourth-order valence-electron chi connectivity index (χ4n) is 1.72. The second-order valence-corrected chi connectivity index (χ2v) is 5.09. The van der Waals surface area contributed by atoms with Crippen LogP contribution in [0.3, 0.4) is 0 Å². The van der Waals surface area contributed by atoms with Crippen molar-refractivity contribution in [3.05, 3.63) is 16.6 Å². The van der Waals surface area contributed by atoms with E-state index >= 15 is 0 Å². The average Bonchev–Trinajstić information content (AvgIpc) is 2.81. The highest BCUT2D eigenvalue weighted by molar-refractivity contribution is 7.09. The highest BCUT2D eigenvalue weighted by atomic mass is 35.5. The molecule has 3 nitrogen and oxygen atoms in total. The summed E-state index contributed by atoms with van der Waals surface area (Å²) in [4.78, 5) is 5.31. The maximum absolute atomic E-state index is 6.05. The molecule has 1 fully saturated rings. The van der Waals surface area contributed by atoms with Crippen LogP contribution < -0.4 is 5.32 Å². The van der Waals surface area contributed by atoms with E-state index in [9.17, 15) is 0 Å². The molecule has 0 radical (unpaired) electrons. The van der Waals surface area contributed by atoms with Gasteiger partial charge in [-0.15, -0.1) is 22.9 Å². The number of aromatic nitrogens is 1. The molecule has 2 heterocycles. The van der Waals surface area contributed by atoms with Crippen LogP contribution in [0.4, 0.5) is 0 Å². The summed E-state index contributed by atoms with van der Waals surface area (Å²) in [6.45, 7) is 2.47. The summed E-state index contributed by atoms with van der Waals surface area (Å²) < 4.78 is 5.36. The molecule has 1 aromatic heterocycles. The lowest BCUT2D eigenvalue weighted by Gasteiger charge is -2.36. The monoisotopic (exact) mass is 246 g/mol. The zero-order valence-electron chi connectivity index (χ0n) is 8.54. The van der Waals surface area contributed by atoms with E-state index in [1.54, 1.807) is 11.3 Å². The third-order valence-corrected chi connectivity index (χ3v) is 4.12. The van der Waals surface area contributed by atoms with Gasteiger partial charge in [0, 0.05) is 42.3 Å². The molecule has 5 heteroatoms. The topological polar surface area (TPSA) is 34.2 Å². The zero-order chi connectivity index (χ0) is 10.6. The van der Waals surface area contributed by atoms with E-state index in [-0.39, 0.29) is 5.54 Å². The van der Waals surface area contributed by atoms with E-state index in [0.29, 0.717) is 5.88 Å². The van der Waals surface area contributed by atoms with Crippen molar-refractivity contribution >= 4 is 22.9 Å². The predicted molar refractivity (Wildman–Crippen MR) is 62.5 cm³/mol. The Bertz CT molecular complexity index is 286. The first-order valence-electron chi connectivity index (χ1n) is 5.11. The van der Waals surface area contributed by atoms with Gasteiger partial charge in [-0.1, -0.05) is 0 Å². The van der Waals surface area contributed by atoms with Crippen molar-refractivity contribution in [2.24, 2.45) is 0 Å². The Morgan fingerprint density at radius 2 is 2.33 bits per heavy atom. The number of alkyl halides is 1. The Hall–Kier alpha value is -0.160. The molecule has 0 bridgehead atoms. The number of hydrogen-bond acceptors (Lipinski definition) is 4. The summed E-state index contributed by atoms with van der Waals surface area (Å²) in [5, 5.41) is 3.55. The van der Waals surface area contributed by atoms with Crippen LogP contribution in [0.5, 0.6) is 0 Å². The minimum atomic E-state index is 0.0593. The van der Waals surface area contributed by atoms with Crippen LogP contribution in [0.25, 0.3) is 0 Å². The average molecular weight is 247 g/mol. The molecule has 84 valence electrons. The van der Waals surface area contributed by atoms with E-state index in [1.807, 2.05) is 11.7 Å². The van der Waals surface area contributed by atoms with E-state index < -0.39 is 0 Å². The Kier molecular flexibility index (Phi) is 3.97. The second-order valence-electron chi connectivity index (χ2n) is 3.85. The maximum Gasteiger partial charge on any atom is 0.0794 e. The van der Waals surface area contributed by atoms with E-state index in [1.165, 1.54) is 4.88 Å². The third kappa shape index (κ3) is 2.91. The maximum atomic E-state index is 6.05. The summed E-state index contributed by atoms with van der Waals surface area (Å²) in [5.74, 6) is 0.648. The van der Waals surface area contributed by atoms with Crippen LogP contribution in [0, 0.1) is 0 Å². The number of nitrogens with one attached hydrogen (secondary N) is 1. The molecule has 0 unspecified atom stereocenters. The zero-order valence-corrected chi connectivity index (χ0v) is 10.1. The van der Waals surface area contributed by atoms with Gasteiger partial charge in [0.1, 0.15) is 0 Å². The number of ether oxygens (including phenoxy) is 1. The quantitative estimate of drug-likeness (QED) is 0.826. The van der Waals surface area contributed by atoms with Crippen molar-refractivity contribution in [3.63, 3.8) is 0 Å². The first kappa shape index (κ1) is 11.3. The van der Waals surface area contributed by atoms with E-state index in [4.69, 9.17) is 16.3 Å². The molecule has 1 aliphatic rings. The molecule has 2 rings (SSSR count). The molecule has 15 heavy (non-hydrogen) atoms. The molecule has 0 aliphatic carbocycles. The second kappa shape index (κ2) is 5.25. The van der Waals surface area contributed by atoms with Gasteiger partial charge in [-0.05, 0) is 12.8 Å². The van der Waals surface area contributed by atoms with Crippen LogP contribution in [0.15, 0.2) is 11.7 Å². The van der Waals surface area contributed by atoms with Crippen molar-refractivity contribution < 1.29 is 4.74 Å². The van der Waals surface area contributed by atoms with Crippen molar-refractivity contribution in [1.82, 2.24) is 10.3 Å². The van der Waals surface area contributed by atoms with Gasteiger partial charge >= 0.3 is 0 Å². The number of halogens is 1. The van der Waals surface area contributed by atoms with Crippen LogP contribution in [0.2, 0.25) is 0 Å². The van der Waals surface area contributed by atoms with Crippen molar-refractivity contribution in [2.75, 3.05) is 19.1 Å². The number of hydrogen-bond donors (Lipinski definition) is 1. The van der Waals surface area contributed by atoms with Gasteiger partial charge in [-0.3, -0.25) is 4.98 Å². The third-order valence-electron chi connectivity index (χ3n) is 2.83. The van der Waals surface area contributed by atoms with Gasteiger partial charge in [0.15, 0.2) is 0 Å². The van der Waals surface area contributed by atoms with E-state index in [2.05, 4.69) is 10.3 Å². The molecule has 0 atom stereocenters. The molecular formula is C10H15ClN2OS.